The fourth-order valence-corrected chi connectivity index (χ4v) is 2.57. The van der Waals surface area contributed by atoms with Crippen LogP contribution < -0.4 is 10.9 Å². The number of rotatable bonds is 4. The molecule has 0 unspecified atom stereocenters. The molecule has 12 nitrogen and oxygen atoms in total. The van der Waals surface area contributed by atoms with Crippen LogP contribution in [0, 0.1) is 27.2 Å². The summed E-state index contributed by atoms with van der Waals surface area (Å²) in [6.07, 6.45) is 1.62. The molecular formula is C16H12N6O6. The van der Waals surface area contributed by atoms with Crippen molar-refractivity contribution in [3.05, 3.63) is 79.8 Å². The second kappa shape index (κ2) is 7.11. The van der Waals surface area contributed by atoms with Crippen LogP contribution in [0.4, 0.5) is 11.4 Å². The summed E-state index contributed by atoms with van der Waals surface area (Å²) >= 11 is 0. The molecule has 0 aliphatic heterocycles. The smallest absolute Gasteiger partial charge is 0.288 e. The molecule has 28 heavy (non-hydrogen) atoms. The number of hydrogen-bond acceptors (Lipinski definition) is 7. The largest absolute Gasteiger partial charge is 0.295 e. The molecule has 0 aliphatic carbocycles. The number of imidazole rings is 1. The van der Waals surface area contributed by atoms with E-state index < -0.39 is 33.0 Å². The van der Waals surface area contributed by atoms with E-state index in [0.717, 1.165) is 18.2 Å². The van der Waals surface area contributed by atoms with Gasteiger partial charge in [-0.15, -0.1) is 0 Å². The van der Waals surface area contributed by atoms with Gasteiger partial charge in [-0.3, -0.25) is 45.1 Å². The zero-order chi connectivity index (χ0) is 20.4. The summed E-state index contributed by atoms with van der Waals surface area (Å²) in [7, 11) is 0. The number of carbonyl (C=O) groups is 2. The maximum atomic E-state index is 12.4. The second-order valence-corrected chi connectivity index (χ2v) is 5.64. The Labute approximate surface area is 156 Å². The van der Waals surface area contributed by atoms with Crippen LogP contribution >= 0.6 is 0 Å². The molecule has 3 rings (SSSR count). The highest BCUT2D eigenvalue weighted by atomic mass is 16.6. The van der Waals surface area contributed by atoms with E-state index in [1.54, 1.807) is 31.3 Å². The van der Waals surface area contributed by atoms with E-state index in [2.05, 4.69) is 15.8 Å². The first-order valence-corrected chi connectivity index (χ1v) is 7.76. The van der Waals surface area contributed by atoms with Crippen LogP contribution in [0.15, 0.2) is 42.6 Å². The zero-order valence-corrected chi connectivity index (χ0v) is 14.3. The fraction of sp³-hybridized carbons (Fsp3) is 0.0625. The van der Waals surface area contributed by atoms with E-state index in [1.165, 1.54) is 4.40 Å². The van der Waals surface area contributed by atoms with Crippen molar-refractivity contribution in [2.75, 3.05) is 0 Å². The van der Waals surface area contributed by atoms with Crippen molar-refractivity contribution < 1.29 is 19.4 Å². The number of non-ortho nitro benzene ring substituents is 2. The number of aromatic nitrogens is 2. The number of nitro benzene ring substituents is 2. The van der Waals surface area contributed by atoms with Gasteiger partial charge in [0.2, 0.25) is 0 Å². The predicted molar refractivity (Wildman–Crippen MR) is 94.6 cm³/mol. The van der Waals surface area contributed by atoms with E-state index >= 15 is 0 Å². The van der Waals surface area contributed by atoms with Crippen LogP contribution in [0.2, 0.25) is 0 Å². The fourth-order valence-electron chi connectivity index (χ4n) is 2.57. The van der Waals surface area contributed by atoms with Gasteiger partial charge in [-0.2, -0.15) is 0 Å². The summed E-state index contributed by atoms with van der Waals surface area (Å²) < 4.78 is 1.52. The number of pyridine rings is 1. The van der Waals surface area contributed by atoms with Gasteiger partial charge in [0, 0.05) is 18.3 Å². The molecule has 0 atom stereocenters. The molecule has 0 radical (unpaired) electrons. The highest BCUT2D eigenvalue weighted by Crippen LogP contribution is 2.22. The Kier molecular flexibility index (Phi) is 4.68. The van der Waals surface area contributed by atoms with Gasteiger partial charge in [-0.05, 0) is 19.1 Å². The van der Waals surface area contributed by atoms with Crippen LogP contribution in [-0.4, -0.2) is 31.0 Å². The van der Waals surface area contributed by atoms with Crippen LogP contribution in [0.1, 0.15) is 26.5 Å². The Morgan fingerprint density at radius 3 is 2.21 bits per heavy atom. The topological polar surface area (TPSA) is 162 Å². The van der Waals surface area contributed by atoms with E-state index in [4.69, 9.17) is 0 Å². The molecule has 2 aromatic heterocycles. The molecule has 12 heteroatoms. The zero-order valence-electron chi connectivity index (χ0n) is 14.3. The van der Waals surface area contributed by atoms with Gasteiger partial charge >= 0.3 is 0 Å². The normalized spacial score (nSPS) is 10.5. The third kappa shape index (κ3) is 3.46. The molecule has 1 aromatic carbocycles. The molecule has 0 bridgehead atoms. The first kappa shape index (κ1) is 18.4. The van der Waals surface area contributed by atoms with E-state index in [0.29, 0.717) is 11.3 Å². The minimum Gasteiger partial charge on any atom is -0.295 e. The molecule has 0 fully saturated rings. The summed E-state index contributed by atoms with van der Waals surface area (Å²) in [4.78, 5) is 49.0. The summed E-state index contributed by atoms with van der Waals surface area (Å²) in [6.45, 7) is 1.62. The molecule has 0 spiro atoms. The maximum Gasteiger partial charge on any atom is 0.288 e. The molecule has 2 amide bonds. The van der Waals surface area contributed by atoms with E-state index in [-0.39, 0.29) is 11.3 Å². The molecule has 142 valence electrons. The van der Waals surface area contributed by atoms with Crippen LogP contribution in [0.25, 0.3) is 5.65 Å². The number of amides is 2. The second-order valence-electron chi connectivity index (χ2n) is 5.64. The van der Waals surface area contributed by atoms with Crippen molar-refractivity contribution >= 4 is 28.8 Å². The Morgan fingerprint density at radius 1 is 1.00 bits per heavy atom. The Balaban J connectivity index is 1.82. The standard InChI is InChI=1S/C16H12N6O6/c1-9-14(20-5-3-2-4-13(20)17-9)16(24)19-18-15(23)10-6-11(21(25)26)8-12(7-10)22(27)28/h2-8H,1H3,(H,18,23)(H,19,24). The van der Waals surface area contributed by atoms with Gasteiger partial charge in [0.1, 0.15) is 11.3 Å². The van der Waals surface area contributed by atoms with E-state index in [9.17, 15) is 29.8 Å². The number of aryl methyl sites for hydroxylation is 1. The minimum atomic E-state index is -0.952. The lowest BCUT2D eigenvalue weighted by molar-refractivity contribution is -0.394. The molecule has 3 aromatic rings. The third-order valence-electron chi connectivity index (χ3n) is 3.80. The summed E-state index contributed by atoms with van der Waals surface area (Å²) in [5.74, 6) is -1.63. The maximum absolute atomic E-state index is 12.4. The average molecular weight is 384 g/mol. The summed E-state index contributed by atoms with van der Waals surface area (Å²) in [5, 5.41) is 21.8. The molecule has 2 heterocycles. The summed E-state index contributed by atoms with van der Waals surface area (Å²) in [5.41, 5.74) is 3.80. The number of nitrogens with zero attached hydrogens (tertiary/aromatic N) is 4. The lowest BCUT2D eigenvalue weighted by atomic mass is 10.1. The number of hydrogen-bond donors (Lipinski definition) is 2. The number of nitrogens with one attached hydrogen (secondary N) is 2. The van der Waals surface area contributed by atoms with Gasteiger partial charge in [0.25, 0.3) is 23.2 Å². The monoisotopic (exact) mass is 384 g/mol. The Hall–Kier alpha value is -4.35. The van der Waals surface area contributed by atoms with Gasteiger partial charge in [-0.1, -0.05) is 6.07 Å². The Morgan fingerprint density at radius 2 is 1.61 bits per heavy atom. The number of benzene rings is 1. The molecule has 0 saturated heterocycles. The minimum absolute atomic E-state index is 0.181. The van der Waals surface area contributed by atoms with Crippen LogP contribution in [0.5, 0.6) is 0 Å². The van der Waals surface area contributed by atoms with Gasteiger partial charge in [0.15, 0.2) is 0 Å². The molecule has 0 aliphatic rings. The van der Waals surface area contributed by atoms with Crippen molar-refractivity contribution in [2.45, 2.75) is 6.92 Å². The third-order valence-corrected chi connectivity index (χ3v) is 3.80. The molecular weight excluding hydrogens is 372 g/mol. The van der Waals surface area contributed by atoms with Crippen molar-refractivity contribution in [3.63, 3.8) is 0 Å². The number of fused-ring (bicyclic) bond motifs is 1. The highest BCUT2D eigenvalue weighted by Gasteiger charge is 2.21. The Bertz CT molecular complexity index is 1110. The van der Waals surface area contributed by atoms with E-state index in [1.807, 2.05) is 0 Å². The van der Waals surface area contributed by atoms with Gasteiger partial charge < -0.3 is 0 Å². The SMILES string of the molecule is Cc1nc2ccccn2c1C(=O)NNC(=O)c1cc([N+](=O)[O-])cc([N+](=O)[O-])c1. The van der Waals surface area contributed by atoms with Crippen LogP contribution in [-0.2, 0) is 0 Å². The average Bonchev–Trinajstić information content (AvgIpc) is 3.01. The predicted octanol–water partition coefficient (Wildman–Crippen LogP) is 1.53. The van der Waals surface area contributed by atoms with Crippen molar-refractivity contribution in [1.29, 1.82) is 0 Å². The molecule has 0 saturated carbocycles. The van der Waals surface area contributed by atoms with Crippen molar-refractivity contribution in [2.24, 2.45) is 0 Å². The molecule has 2 N–H and O–H groups in total. The lowest BCUT2D eigenvalue weighted by Crippen LogP contribution is -2.42. The summed E-state index contributed by atoms with van der Waals surface area (Å²) in [6, 6.07) is 7.62. The van der Waals surface area contributed by atoms with Gasteiger partial charge in [0.05, 0.1) is 27.2 Å². The first-order valence-electron chi connectivity index (χ1n) is 7.76. The quantitative estimate of drug-likeness (QED) is 0.509. The lowest BCUT2D eigenvalue weighted by Gasteiger charge is -2.08. The first-order chi connectivity index (χ1) is 13.3. The number of hydrazine groups is 1. The van der Waals surface area contributed by atoms with Crippen molar-refractivity contribution in [1.82, 2.24) is 20.2 Å². The van der Waals surface area contributed by atoms with Crippen molar-refractivity contribution in [3.8, 4) is 0 Å². The number of nitro groups is 2. The van der Waals surface area contributed by atoms with Crippen LogP contribution in [0.3, 0.4) is 0 Å². The highest BCUT2D eigenvalue weighted by molar-refractivity contribution is 5.99. The van der Waals surface area contributed by atoms with Gasteiger partial charge in [-0.25, -0.2) is 4.98 Å². The number of carbonyl (C=O) groups excluding carboxylic acids is 2.